The number of hydrogen-bond acceptors (Lipinski definition) is 5. The molecule has 0 spiro atoms. The molecule has 1 aliphatic heterocycles. The van der Waals surface area contributed by atoms with Gasteiger partial charge in [0.1, 0.15) is 0 Å². The number of unbranched alkanes of at least 4 members (excludes halogenated alkanes) is 1. The van der Waals surface area contributed by atoms with Crippen molar-refractivity contribution in [1.82, 2.24) is 20.8 Å². The summed E-state index contributed by atoms with van der Waals surface area (Å²) in [5, 5.41) is 10.1. The molecular formula is C15H26N4O2. The lowest BCUT2D eigenvalue weighted by molar-refractivity contribution is 0.0918. The van der Waals surface area contributed by atoms with E-state index in [4.69, 9.17) is 4.52 Å². The van der Waals surface area contributed by atoms with Gasteiger partial charge in [-0.3, -0.25) is 4.79 Å². The highest BCUT2D eigenvalue weighted by Gasteiger charge is 2.25. The van der Waals surface area contributed by atoms with Crippen LogP contribution in [0.5, 0.6) is 0 Å². The zero-order chi connectivity index (χ0) is 15.1. The van der Waals surface area contributed by atoms with Crippen LogP contribution in [0.3, 0.4) is 0 Å². The number of rotatable bonds is 8. The molecule has 1 aliphatic rings. The van der Waals surface area contributed by atoms with Crippen LogP contribution in [-0.2, 0) is 0 Å². The van der Waals surface area contributed by atoms with Crippen LogP contribution in [0.25, 0.3) is 0 Å². The molecule has 0 aromatic carbocycles. The predicted molar refractivity (Wildman–Crippen MR) is 80.0 cm³/mol. The molecular weight excluding hydrogens is 268 g/mol. The van der Waals surface area contributed by atoms with Crippen LogP contribution in [0, 0.1) is 0 Å². The van der Waals surface area contributed by atoms with Crippen molar-refractivity contribution in [3.8, 4) is 0 Å². The standard InChI is InChI=1S/C15H26N4O2/c1-3-5-8-11(7-4-2)17-14(20)13-18-15(21-19-13)12-9-6-10-16-12/h11-12,16H,3-10H2,1-2H3,(H,17,20). The molecule has 6 nitrogen and oxygen atoms in total. The molecule has 1 fully saturated rings. The Bertz CT molecular complexity index is 441. The Morgan fingerprint density at radius 3 is 2.95 bits per heavy atom. The first-order valence-corrected chi connectivity index (χ1v) is 8.12. The van der Waals surface area contributed by atoms with Crippen molar-refractivity contribution in [1.29, 1.82) is 0 Å². The Hall–Kier alpha value is -1.43. The Morgan fingerprint density at radius 1 is 1.43 bits per heavy atom. The van der Waals surface area contributed by atoms with Gasteiger partial charge in [-0.15, -0.1) is 0 Å². The molecule has 2 heterocycles. The van der Waals surface area contributed by atoms with Crippen LogP contribution < -0.4 is 10.6 Å². The van der Waals surface area contributed by atoms with E-state index in [-0.39, 0.29) is 23.8 Å². The van der Waals surface area contributed by atoms with Crippen LogP contribution in [0.4, 0.5) is 0 Å². The van der Waals surface area contributed by atoms with Gasteiger partial charge in [-0.2, -0.15) is 4.98 Å². The molecule has 1 saturated heterocycles. The summed E-state index contributed by atoms with van der Waals surface area (Å²) in [7, 11) is 0. The predicted octanol–water partition coefficient (Wildman–Crippen LogP) is 2.58. The smallest absolute Gasteiger partial charge is 0.292 e. The normalized spacial score (nSPS) is 19.6. The van der Waals surface area contributed by atoms with E-state index >= 15 is 0 Å². The van der Waals surface area contributed by atoms with Crippen molar-refractivity contribution in [2.75, 3.05) is 6.54 Å². The van der Waals surface area contributed by atoms with Gasteiger partial charge in [0.15, 0.2) is 0 Å². The van der Waals surface area contributed by atoms with E-state index in [2.05, 4.69) is 34.6 Å². The third kappa shape index (κ3) is 4.52. The van der Waals surface area contributed by atoms with Crippen LogP contribution in [-0.4, -0.2) is 28.6 Å². The highest BCUT2D eigenvalue weighted by atomic mass is 16.5. The first-order valence-electron chi connectivity index (χ1n) is 8.12. The first-order chi connectivity index (χ1) is 10.2. The number of nitrogens with zero attached hydrogens (tertiary/aromatic N) is 2. The maximum atomic E-state index is 12.2. The van der Waals surface area contributed by atoms with Gasteiger partial charge in [-0.25, -0.2) is 0 Å². The fourth-order valence-electron chi connectivity index (χ4n) is 2.70. The molecule has 2 atom stereocenters. The Morgan fingerprint density at radius 2 is 2.29 bits per heavy atom. The maximum absolute atomic E-state index is 12.2. The molecule has 6 heteroatoms. The molecule has 1 amide bonds. The number of carbonyl (C=O) groups is 1. The lowest BCUT2D eigenvalue weighted by Crippen LogP contribution is -2.35. The van der Waals surface area contributed by atoms with Gasteiger partial charge in [-0.1, -0.05) is 38.3 Å². The third-order valence-electron chi connectivity index (χ3n) is 3.88. The molecule has 118 valence electrons. The summed E-state index contributed by atoms with van der Waals surface area (Å²) in [6, 6.07) is 0.305. The minimum atomic E-state index is -0.224. The van der Waals surface area contributed by atoms with Crippen LogP contribution in [0.15, 0.2) is 4.52 Å². The summed E-state index contributed by atoms with van der Waals surface area (Å²) in [5.41, 5.74) is 0. The quantitative estimate of drug-likeness (QED) is 0.770. The largest absolute Gasteiger partial charge is 0.346 e. The average Bonchev–Trinajstić information content (AvgIpc) is 3.14. The van der Waals surface area contributed by atoms with Crippen molar-refractivity contribution in [2.24, 2.45) is 0 Å². The van der Waals surface area contributed by atoms with E-state index in [0.717, 1.165) is 51.5 Å². The molecule has 0 bridgehead atoms. The highest BCUT2D eigenvalue weighted by molar-refractivity contribution is 5.90. The minimum absolute atomic E-state index is 0.102. The molecule has 21 heavy (non-hydrogen) atoms. The van der Waals surface area contributed by atoms with Crippen LogP contribution in [0.2, 0.25) is 0 Å². The number of aromatic nitrogens is 2. The number of hydrogen-bond donors (Lipinski definition) is 2. The molecule has 0 saturated carbocycles. The molecule has 2 N–H and O–H groups in total. The number of nitrogens with one attached hydrogen (secondary N) is 2. The van der Waals surface area contributed by atoms with Crippen molar-refractivity contribution in [2.45, 2.75) is 70.9 Å². The summed E-state index contributed by atoms with van der Waals surface area (Å²) >= 11 is 0. The van der Waals surface area contributed by atoms with Crippen molar-refractivity contribution >= 4 is 5.91 Å². The molecule has 2 rings (SSSR count). The van der Waals surface area contributed by atoms with Gasteiger partial charge in [-0.05, 0) is 32.2 Å². The third-order valence-corrected chi connectivity index (χ3v) is 3.88. The van der Waals surface area contributed by atoms with E-state index in [1.165, 1.54) is 0 Å². The van der Waals surface area contributed by atoms with Gasteiger partial charge in [0.05, 0.1) is 6.04 Å². The van der Waals surface area contributed by atoms with Gasteiger partial charge >= 0.3 is 0 Å². The Kier molecular flexibility index (Phi) is 6.17. The lowest BCUT2D eigenvalue weighted by atomic mass is 10.1. The van der Waals surface area contributed by atoms with Gasteiger partial charge in [0, 0.05) is 6.04 Å². The molecule has 2 unspecified atom stereocenters. The van der Waals surface area contributed by atoms with E-state index in [1.807, 2.05) is 0 Å². The second kappa shape index (κ2) is 8.12. The Labute approximate surface area is 126 Å². The van der Waals surface area contributed by atoms with Crippen LogP contribution >= 0.6 is 0 Å². The summed E-state index contributed by atoms with van der Waals surface area (Å²) in [6.07, 6.45) is 7.39. The fourth-order valence-corrected chi connectivity index (χ4v) is 2.70. The monoisotopic (exact) mass is 294 g/mol. The van der Waals surface area contributed by atoms with E-state index in [1.54, 1.807) is 0 Å². The SMILES string of the molecule is CCCCC(CCC)NC(=O)c1noc(C2CCCN2)n1. The van der Waals surface area contributed by atoms with Gasteiger partial charge in [0.25, 0.3) is 11.7 Å². The van der Waals surface area contributed by atoms with Crippen molar-refractivity contribution in [3.63, 3.8) is 0 Å². The van der Waals surface area contributed by atoms with E-state index < -0.39 is 0 Å². The van der Waals surface area contributed by atoms with Gasteiger partial charge < -0.3 is 15.2 Å². The zero-order valence-electron chi connectivity index (χ0n) is 13.0. The summed E-state index contributed by atoms with van der Waals surface area (Å²) in [5.74, 6) is 0.451. The molecule has 1 aromatic heterocycles. The fraction of sp³-hybridized carbons (Fsp3) is 0.800. The van der Waals surface area contributed by atoms with Gasteiger partial charge in [0.2, 0.25) is 5.89 Å². The number of carbonyl (C=O) groups excluding carboxylic acids is 1. The average molecular weight is 294 g/mol. The molecule has 0 radical (unpaired) electrons. The van der Waals surface area contributed by atoms with Crippen molar-refractivity contribution in [3.05, 3.63) is 11.7 Å². The molecule has 0 aliphatic carbocycles. The Balaban J connectivity index is 1.91. The van der Waals surface area contributed by atoms with Crippen LogP contribution in [0.1, 0.15) is 81.3 Å². The topological polar surface area (TPSA) is 80.0 Å². The summed E-state index contributed by atoms with van der Waals surface area (Å²) < 4.78 is 5.21. The van der Waals surface area contributed by atoms with E-state index in [0.29, 0.717) is 5.89 Å². The molecule has 1 aromatic rings. The maximum Gasteiger partial charge on any atom is 0.292 e. The lowest BCUT2D eigenvalue weighted by Gasteiger charge is -2.16. The second-order valence-corrected chi connectivity index (χ2v) is 5.71. The first kappa shape index (κ1) is 15.9. The van der Waals surface area contributed by atoms with Crippen molar-refractivity contribution < 1.29 is 9.32 Å². The zero-order valence-corrected chi connectivity index (χ0v) is 13.0. The minimum Gasteiger partial charge on any atom is -0.346 e. The highest BCUT2D eigenvalue weighted by Crippen LogP contribution is 2.21. The summed E-state index contributed by atoms with van der Waals surface area (Å²) in [4.78, 5) is 16.4. The number of amides is 1. The van der Waals surface area contributed by atoms with E-state index in [9.17, 15) is 4.79 Å². The summed E-state index contributed by atoms with van der Waals surface area (Å²) in [6.45, 7) is 5.25. The second-order valence-electron chi connectivity index (χ2n) is 5.71.